The molecule has 1 atom stereocenters. The fraction of sp³-hybridized carbons (Fsp3) is 0.261. The SMILES string of the molecule is COC(=O)c1nc(Cn2nc(-c3ccc(Cl)cc3)n(CC(O)C(F)(F)F)c2=O)nn1-c1ccccc1C. The molecule has 0 aliphatic rings. The van der Waals surface area contributed by atoms with Crippen LogP contribution in [0.25, 0.3) is 17.1 Å². The number of aliphatic hydroxyl groups is 1. The number of ether oxygens (including phenoxy) is 1. The maximum Gasteiger partial charge on any atom is 0.416 e. The van der Waals surface area contributed by atoms with Gasteiger partial charge in [0.15, 0.2) is 17.8 Å². The number of carbonyl (C=O) groups is 1. The minimum absolute atomic E-state index is 0.0190. The van der Waals surface area contributed by atoms with Gasteiger partial charge < -0.3 is 9.84 Å². The Bertz CT molecular complexity index is 1490. The van der Waals surface area contributed by atoms with Gasteiger partial charge in [0.05, 0.1) is 19.3 Å². The zero-order chi connectivity index (χ0) is 26.9. The molecular formula is C23H20ClF3N6O4. The largest absolute Gasteiger partial charge is 0.463 e. The number of alkyl halides is 3. The van der Waals surface area contributed by atoms with Crippen molar-refractivity contribution in [1.82, 2.24) is 29.1 Å². The second kappa shape index (κ2) is 10.2. The molecule has 0 bridgehead atoms. The lowest BCUT2D eigenvalue weighted by Crippen LogP contribution is -2.37. The molecule has 37 heavy (non-hydrogen) atoms. The first-order chi connectivity index (χ1) is 17.5. The van der Waals surface area contributed by atoms with Crippen molar-refractivity contribution in [2.24, 2.45) is 0 Å². The number of halogens is 4. The minimum Gasteiger partial charge on any atom is -0.463 e. The van der Waals surface area contributed by atoms with Gasteiger partial charge in [-0.05, 0) is 42.8 Å². The lowest BCUT2D eigenvalue weighted by Gasteiger charge is -2.15. The minimum atomic E-state index is -4.96. The molecule has 0 spiro atoms. The Hall–Kier alpha value is -3.97. The standard InChI is InChI=1S/C23H20ClF3N6O4/c1-13-5-3-4-6-16(13)33-20(21(35)37-2)28-18(29-33)12-32-22(36)31(11-17(34)23(25,26)27)19(30-32)14-7-9-15(24)10-8-14/h3-10,17,34H,11-12H2,1-2H3. The zero-order valence-corrected chi connectivity index (χ0v) is 20.2. The van der Waals surface area contributed by atoms with Crippen molar-refractivity contribution in [3.8, 4) is 17.1 Å². The summed E-state index contributed by atoms with van der Waals surface area (Å²) in [5.74, 6) is -1.09. The van der Waals surface area contributed by atoms with Crippen molar-refractivity contribution in [2.45, 2.75) is 32.3 Å². The molecule has 10 nitrogen and oxygen atoms in total. The zero-order valence-electron chi connectivity index (χ0n) is 19.5. The van der Waals surface area contributed by atoms with Crippen molar-refractivity contribution in [3.05, 3.63) is 81.3 Å². The number of aliphatic hydroxyl groups excluding tert-OH is 1. The van der Waals surface area contributed by atoms with Crippen LogP contribution in [0.5, 0.6) is 0 Å². The summed E-state index contributed by atoms with van der Waals surface area (Å²) in [6.45, 7) is 0.338. The topological polar surface area (TPSA) is 117 Å². The fourth-order valence-corrected chi connectivity index (χ4v) is 3.67. The third kappa shape index (κ3) is 5.42. The summed E-state index contributed by atoms with van der Waals surface area (Å²) in [5.41, 5.74) is 0.662. The summed E-state index contributed by atoms with van der Waals surface area (Å²) in [7, 11) is 1.18. The summed E-state index contributed by atoms with van der Waals surface area (Å²) in [5, 5.41) is 18.5. The van der Waals surface area contributed by atoms with Crippen molar-refractivity contribution in [2.75, 3.05) is 7.11 Å². The van der Waals surface area contributed by atoms with E-state index < -0.39 is 30.5 Å². The van der Waals surface area contributed by atoms with Crippen LogP contribution in [-0.4, -0.2) is 59.6 Å². The molecule has 0 aliphatic heterocycles. The van der Waals surface area contributed by atoms with Gasteiger partial charge in [-0.3, -0.25) is 4.57 Å². The summed E-state index contributed by atoms with van der Waals surface area (Å²) >= 11 is 5.90. The summed E-state index contributed by atoms with van der Waals surface area (Å²) in [6.07, 6.45) is -7.76. The van der Waals surface area contributed by atoms with Crippen LogP contribution >= 0.6 is 11.6 Å². The van der Waals surface area contributed by atoms with Gasteiger partial charge in [0, 0.05) is 10.6 Å². The predicted molar refractivity (Wildman–Crippen MR) is 126 cm³/mol. The number of esters is 1. The van der Waals surface area contributed by atoms with E-state index in [9.17, 15) is 27.9 Å². The van der Waals surface area contributed by atoms with Crippen LogP contribution in [0.2, 0.25) is 5.02 Å². The summed E-state index contributed by atoms with van der Waals surface area (Å²) in [4.78, 5) is 29.6. The number of para-hydroxylation sites is 1. The van der Waals surface area contributed by atoms with Gasteiger partial charge in [0.2, 0.25) is 5.82 Å². The third-order valence-electron chi connectivity index (χ3n) is 5.41. The highest BCUT2D eigenvalue weighted by Crippen LogP contribution is 2.24. The molecule has 0 saturated carbocycles. The lowest BCUT2D eigenvalue weighted by molar-refractivity contribution is -0.207. The maximum absolute atomic E-state index is 13.1. The molecule has 0 saturated heterocycles. The van der Waals surface area contributed by atoms with Crippen molar-refractivity contribution < 1.29 is 27.8 Å². The normalized spacial score (nSPS) is 12.5. The van der Waals surface area contributed by atoms with Gasteiger partial charge in [0.1, 0.15) is 6.54 Å². The number of benzene rings is 2. The van der Waals surface area contributed by atoms with Crippen LogP contribution in [0.4, 0.5) is 13.2 Å². The van der Waals surface area contributed by atoms with Crippen molar-refractivity contribution in [1.29, 1.82) is 0 Å². The van der Waals surface area contributed by atoms with E-state index in [4.69, 9.17) is 16.3 Å². The smallest absolute Gasteiger partial charge is 0.416 e. The van der Waals surface area contributed by atoms with Gasteiger partial charge in [-0.1, -0.05) is 29.8 Å². The van der Waals surface area contributed by atoms with E-state index in [0.717, 1.165) is 10.2 Å². The molecule has 4 rings (SSSR count). The van der Waals surface area contributed by atoms with E-state index in [1.165, 1.54) is 36.1 Å². The fourth-order valence-electron chi connectivity index (χ4n) is 3.55. The summed E-state index contributed by atoms with van der Waals surface area (Å²) in [6, 6.07) is 13.0. The number of rotatable bonds is 7. The second-order valence-corrected chi connectivity index (χ2v) is 8.42. The Kier molecular flexibility index (Phi) is 7.18. The molecule has 14 heteroatoms. The summed E-state index contributed by atoms with van der Waals surface area (Å²) < 4.78 is 46.9. The first kappa shape index (κ1) is 26.1. The highest BCUT2D eigenvalue weighted by molar-refractivity contribution is 6.30. The average molecular weight is 537 g/mol. The number of hydrogen-bond donors (Lipinski definition) is 1. The Morgan fingerprint density at radius 1 is 1.14 bits per heavy atom. The highest BCUT2D eigenvalue weighted by atomic mass is 35.5. The maximum atomic E-state index is 13.1. The first-order valence-corrected chi connectivity index (χ1v) is 11.2. The van der Waals surface area contributed by atoms with Crippen molar-refractivity contribution >= 4 is 17.6 Å². The van der Waals surface area contributed by atoms with Crippen LogP contribution < -0.4 is 5.69 Å². The van der Waals surface area contributed by atoms with Crippen LogP contribution in [0.1, 0.15) is 22.0 Å². The monoisotopic (exact) mass is 536 g/mol. The van der Waals surface area contributed by atoms with Gasteiger partial charge in [0.25, 0.3) is 0 Å². The number of aryl methyl sites for hydroxylation is 1. The second-order valence-electron chi connectivity index (χ2n) is 7.98. The van der Waals surface area contributed by atoms with Crippen LogP contribution in [-0.2, 0) is 17.8 Å². The third-order valence-corrected chi connectivity index (χ3v) is 5.66. The molecule has 194 valence electrons. The lowest BCUT2D eigenvalue weighted by atomic mass is 10.2. The Morgan fingerprint density at radius 3 is 2.43 bits per heavy atom. The molecule has 2 heterocycles. The van der Waals surface area contributed by atoms with Crippen LogP contribution in [0.3, 0.4) is 0 Å². The van der Waals surface area contributed by atoms with Gasteiger partial charge >= 0.3 is 17.8 Å². The molecule has 4 aromatic rings. The van der Waals surface area contributed by atoms with Crippen LogP contribution in [0, 0.1) is 6.92 Å². The van der Waals surface area contributed by atoms with E-state index in [2.05, 4.69) is 15.2 Å². The molecular weight excluding hydrogens is 517 g/mol. The molecule has 0 fully saturated rings. The van der Waals surface area contributed by atoms with E-state index in [-0.39, 0.29) is 24.0 Å². The molecule has 0 aliphatic carbocycles. The van der Waals surface area contributed by atoms with Gasteiger partial charge in [-0.25, -0.2) is 23.9 Å². The molecule has 1 unspecified atom stereocenters. The number of nitrogens with zero attached hydrogens (tertiary/aromatic N) is 6. The Morgan fingerprint density at radius 2 is 1.81 bits per heavy atom. The quantitative estimate of drug-likeness (QED) is 0.361. The highest BCUT2D eigenvalue weighted by Gasteiger charge is 2.39. The predicted octanol–water partition coefficient (Wildman–Crippen LogP) is 3.01. The van der Waals surface area contributed by atoms with Crippen LogP contribution in [0.15, 0.2) is 53.3 Å². The van der Waals surface area contributed by atoms with E-state index in [1.807, 2.05) is 0 Å². The number of methoxy groups -OCH3 is 1. The van der Waals surface area contributed by atoms with E-state index in [0.29, 0.717) is 20.8 Å². The first-order valence-electron chi connectivity index (χ1n) is 10.8. The van der Waals surface area contributed by atoms with E-state index >= 15 is 0 Å². The Labute approximate surface area is 212 Å². The number of carbonyl (C=O) groups excluding carboxylic acids is 1. The molecule has 0 radical (unpaired) electrons. The molecule has 0 amide bonds. The van der Waals surface area contributed by atoms with Gasteiger partial charge in [-0.2, -0.15) is 13.2 Å². The average Bonchev–Trinajstić information content (AvgIpc) is 3.40. The van der Waals surface area contributed by atoms with Crippen molar-refractivity contribution in [3.63, 3.8) is 0 Å². The number of aromatic nitrogens is 6. The number of hydrogen-bond acceptors (Lipinski definition) is 7. The molecule has 2 aromatic heterocycles. The molecule has 1 N–H and O–H groups in total. The Balaban J connectivity index is 1.79. The van der Waals surface area contributed by atoms with Gasteiger partial charge in [-0.15, -0.1) is 10.2 Å². The molecule has 2 aromatic carbocycles. The van der Waals surface area contributed by atoms with E-state index in [1.54, 1.807) is 31.2 Å².